The summed E-state index contributed by atoms with van der Waals surface area (Å²) in [5, 5.41) is 5.51. The van der Waals surface area contributed by atoms with Crippen molar-refractivity contribution >= 4 is 23.4 Å². The topological polar surface area (TPSA) is 101 Å². The van der Waals surface area contributed by atoms with Crippen LogP contribution in [0.5, 0.6) is 0 Å². The van der Waals surface area contributed by atoms with Crippen LogP contribution in [0.25, 0.3) is 0 Å². The molecule has 0 unspecified atom stereocenters. The number of carbonyl (C=O) groups excluding carboxylic acids is 3. The van der Waals surface area contributed by atoms with E-state index in [0.29, 0.717) is 6.61 Å². The number of furan rings is 1. The van der Waals surface area contributed by atoms with Gasteiger partial charge in [0.1, 0.15) is 11.6 Å². The molecule has 2 N–H and O–H groups in total. The van der Waals surface area contributed by atoms with Crippen LogP contribution in [0, 0.1) is 5.82 Å². The second-order valence-corrected chi connectivity index (χ2v) is 8.38. The first-order chi connectivity index (χ1) is 16.0. The summed E-state index contributed by atoms with van der Waals surface area (Å²) in [6.07, 6.45) is 6.44. The largest absolute Gasteiger partial charge is 0.467 e. The van der Waals surface area contributed by atoms with Gasteiger partial charge in [0.25, 0.3) is 5.91 Å². The first-order valence-electron chi connectivity index (χ1n) is 11.4. The maximum Gasteiger partial charge on any atom is 0.317 e. The minimum absolute atomic E-state index is 0.112. The molecule has 4 rings (SSSR count). The molecule has 9 heteroatoms. The Morgan fingerprint density at radius 1 is 1.06 bits per heavy atom. The molecule has 2 aliphatic rings. The fourth-order valence-electron chi connectivity index (χ4n) is 4.38. The van der Waals surface area contributed by atoms with Gasteiger partial charge in [0.15, 0.2) is 6.04 Å². The number of halogens is 1. The van der Waals surface area contributed by atoms with Gasteiger partial charge in [-0.15, -0.1) is 0 Å². The number of anilines is 1. The van der Waals surface area contributed by atoms with Crippen molar-refractivity contribution in [1.29, 1.82) is 0 Å². The van der Waals surface area contributed by atoms with Crippen molar-refractivity contribution in [3.63, 3.8) is 0 Å². The van der Waals surface area contributed by atoms with Crippen LogP contribution in [-0.2, 0) is 19.1 Å². The van der Waals surface area contributed by atoms with Gasteiger partial charge in [0, 0.05) is 19.2 Å². The van der Waals surface area contributed by atoms with Gasteiger partial charge < -0.3 is 19.8 Å². The summed E-state index contributed by atoms with van der Waals surface area (Å²) in [7, 11) is 0. The molecule has 1 saturated carbocycles. The Hall–Kier alpha value is -3.20. The highest BCUT2D eigenvalue weighted by Crippen LogP contribution is 2.31. The van der Waals surface area contributed by atoms with E-state index in [2.05, 4.69) is 10.6 Å². The Labute approximate surface area is 191 Å². The predicted molar refractivity (Wildman–Crippen MR) is 118 cm³/mol. The highest BCUT2D eigenvalue weighted by atomic mass is 19.1. The Morgan fingerprint density at radius 2 is 1.85 bits per heavy atom. The van der Waals surface area contributed by atoms with E-state index in [4.69, 9.17) is 9.15 Å². The second kappa shape index (κ2) is 10.6. The number of benzene rings is 1. The highest BCUT2D eigenvalue weighted by Gasteiger charge is 2.39. The molecule has 2 heterocycles. The highest BCUT2D eigenvalue weighted by molar-refractivity contribution is 6.41. The first kappa shape index (κ1) is 23.0. The van der Waals surface area contributed by atoms with Gasteiger partial charge in [-0.2, -0.15) is 0 Å². The average Bonchev–Trinajstić information content (AvgIpc) is 3.60. The van der Waals surface area contributed by atoms with E-state index in [1.165, 1.54) is 36.6 Å². The predicted octanol–water partition coefficient (Wildman–Crippen LogP) is 2.85. The van der Waals surface area contributed by atoms with Crippen molar-refractivity contribution in [3.05, 3.63) is 54.2 Å². The molecule has 1 aromatic carbocycles. The monoisotopic (exact) mass is 457 g/mol. The van der Waals surface area contributed by atoms with Crippen molar-refractivity contribution in [2.45, 2.75) is 56.7 Å². The van der Waals surface area contributed by atoms with E-state index >= 15 is 0 Å². The van der Waals surface area contributed by atoms with Crippen LogP contribution in [0.2, 0.25) is 0 Å². The zero-order chi connectivity index (χ0) is 23.2. The van der Waals surface area contributed by atoms with E-state index < -0.39 is 29.6 Å². The number of ether oxygens (including phenoxy) is 1. The molecule has 0 spiro atoms. The Bertz CT molecular complexity index is 968. The lowest BCUT2D eigenvalue weighted by molar-refractivity contribution is -0.139. The zero-order valence-electron chi connectivity index (χ0n) is 18.3. The number of nitrogens with one attached hydrogen (secondary N) is 2. The van der Waals surface area contributed by atoms with Crippen molar-refractivity contribution in [2.24, 2.45) is 0 Å². The number of carbonyl (C=O) groups is 3. The van der Waals surface area contributed by atoms with Crippen LogP contribution >= 0.6 is 0 Å². The third kappa shape index (κ3) is 5.42. The number of amides is 3. The molecule has 2 atom stereocenters. The Kier molecular flexibility index (Phi) is 7.39. The number of hydrogen-bond donors (Lipinski definition) is 2. The molecule has 1 saturated heterocycles. The van der Waals surface area contributed by atoms with Crippen LogP contribution in [0.3, 0.4) is 0 Å². The minimum Gasteiger partial charge on any atom is -0.467 e. The van der Waals surface area contributed by atoms with Gasteiger partial charge in [-0.3, -0.25) is 19.3 Å². The molecule has 0 radical (unpaired) electrons. The summed E-state index contributed by atoms with van der Waals surface area (Å²) in [5.41, 5.74) is -0.183. The SMILES string of the molecule is O=C(NC1CCCC1)C(=O)N(c1ccccc1F)[C@H](C(=O)NC[C@H]1CCCO1)c1ccco1. The van der Waals surface area contributed by atoms with E-state index in [-0.39, 0.29) is 30.1 Å². The molecule has 1 aromatic heterocycles. The average molecular weight is 458 g/mol. The summed E-state index contributed by atoms with van der Waals surface area (Å²) in [6.45, 7) is 0.868. The summed E-state index contributed by atoms with van der Waals surface area (Å²) in [4.78, 5) is 40.5. The van der Waals surface area contributed by atoms with Crippen LogP contribution in [-0.4, -0.2) is 43.0 Å². The molecule has 1 aliphatic carbocycles. The molecule has 2 aromatic rings. The van der Waals surface area contributed by atoms with Gasteiger partial charge in [-0.25, -0.2) is 4.39 Å². The van der Waals surface area contributed by atoms with Crippen LogP contribution < -0.4 is 15.5 Å². The second-order valence-electron chi connectivity index (χ2n) is 8.38. The fraction of sp³-hybridized carbons (Fsp3) is 0.458. The third-order valence-corrected chi connectivity index (χ3v) is 6.06. The third-order valence-electron chi connectivity index (χ3n) is 6.06. The zero-order valence-corrected chi connectivity index (χ0v) is 18.3. The Morgan fingerprint density at radius 3 is 2.52 bits per heavy atom. The van der Waals surface area contributed by atoms with Crippen molar-refractivity contribution in [1.82, 2.24) is 10.6 Å². The number of para-hydroxylation sites is 1. The van der Waals surface area contributed by atoms with E-state index in [9.17, 15) is 18.8 Å². The minimum atomic E-state index is -1.37. The summed E-state index contributed by atoms with van der Waals surface area (Å²) in [6, 6.07) is 7.15. The normalized spacial score (nSPS) is 19.2. The van der Waals surface area contributed by atoms with Gasteiger partial charge >= 0.3 is 11.8 Å². The standard InChI is InChI=1S/C24H28FN3O5/c25-18-10-3-4-11-19(18)28(24(31)23(30)27-16-7-1-2-8-16)21(20-12-6-14-33-20)22(29)26-15-17-9-5-13-32-17/h3-4,6,10-12,14,16-17,21H,1-2,5,7-9,13,15H2,(H,26,29)(H,27,30)/t17-,21+/m1/s1. The lowest BCUT2D eigenvalue weighted by atomic mass is 10.1. The fourth-order valence-corrected chi connectivity index (χ4v) is 4.38. The molecule has 0 bridgehead atoms. The van der Waals surface area contributed by atoms with Gasteiger partial charge in [-0.05, 0) is 49.9 Å². The number of rotatable bonds is 7. The number of hydrogen-bond acceptors (Lipinski definition) is 5. The summed E-state index contributed by atoms with van der Waals surface area (Å²) < 4.78 is 25.9. The van der Waals surface area contributed by atoms with Crippen LogP contribution in [0.15, 0.2) is 47.1 Å². The van der Waals surface area contributed by atoms with Crippen molar-refractivity contribution in [3.8, 4) is 0 Å². The van der Waals surface area contributed by atoms with Crippen LogP contribution in [0.1, 0.15) is 50.3 Å². The number of nitrogens with zero attached hydrogens (tertiary/aromatic N) is 1. The summed E-state index contributed by atoms with van der Waals surface area (Å²) in [5.74, 6) is -3.12. The molecular formula is C24H28FN3O5. The smallest absolute Gasteiger partial charge is 0.317 e. The Balaban J connectivity index is 1.65. The van der Waals surface area contributed by atoms with Gasteiger partial charge in [0.2, 0.25) is 0 Å². The van der Waals surface area contributed by atoms with Crippen molar-refractivity contribution in [2.75, 3.05) is 18.1 Å². The molecular weight excluding hydrogens is 429 g/mol. The van der Waals surface area contributed by atoms with E-state index in [1.54, 1.807) is 6.07 Å². The molecule has 2 fully saturated rings. The lowest BCUT2D eigenvalue weighted by Crippen LogP contribution is -2.51. The molecule has 33 heavy (non-hydrogen) atoms. The van der Waals surface area contributed by atoms with E-state index in [0.717, 1.165) is 43.4 Å². The molecule has 176 valence electrons. The quantitative estimate of drug-likeness (QED) is 0.623. The first-order valence-corrected chi connectivity index (χ1v) is 11.4. The lowest BCUT2D eigenvalue weighted by Gasteiger charge is -2.30. The van der Waals surface area contributed by atoms with Crippen molar-refractivity contribution < 1.29 is 27.9 Å². The van der Waals surface area contributed by atoms with Crippen LogP contribution in [0.4, 0.5) is 10.1 Å². The van der Waals surface area contributed by atoms with E-state index in [1.807, 2.05) is 0 Å². The molecule has 8 nitrogen and oxygen atoms in total. The maximum absolute atomic E-state index is 14.9. The van der Waals surface area contributed by atoms with Gasteiger partial charge in [-0.1, -0.05) is 25.0 Å². The summed E-state index contributed by atoms with van der Waals surface area (Å²) >= 11 is 0. The van der Waals surface area contributed by atoms with Gasteiger partial charge in [0.05, 0.1) is 18.1 Å². The maximum atomic E-state index is 14.9. The molecule has 1 aliphatic heterocycles. The molecule has 3 amide bonds.